The lowest BCUT2D eigenvalue weighted by atomic mass is 10.1. The number of benzene rings is 1. The van der Waals surface area contributed by atoms with Crippen LogP contribution in [0, 0.1) is 5.82 Å². The molecule has 2 heterocycles. The molecule has 2 N–H and O–H groups in total. The molecule has 0 spiro atoms. The van der Waals surface area contributed by atoms with Crippen LogP contribution < -0.4 is 5.32 Å². The molecular formula is C14H11ClFN3OS. The molecule has 108 valence electrons. The van der Waals surface area contributed by atoms with E-state index in [2.05, 4.69) is 15.3 Å². The number of aliphatic hydroxyl groups is 1. The lowest BCUT2D eigenvalue weighted by Crippen LogP contribution is -2.13. The molecule has 0 fully saturated rings. The average molecular weight is 324 g/mol. The first kappa shape index (κ1) is 14.2. The number of anilines is 1. The van der Waals surface area contributed by atoms with Crippen LogP contribution >= 0.6 is 22.9 Å². The summed E-state index contributed by atoms with van der Waals surface area (Å²) in [6.07, 6.45) is 0.607. The zero-order valence-corrected chi connectivity index (χ0v) is 12.3. The Morgan fingerprint density at radius 2 is 2.19 bits per heavy atom. The molecule has 0 aliphatic carbocycles. The van der Waals surface area contributed by atoms with Crippen molar-refractivity contribution in [1.29, 1.82) is 0 Å². The number of thiophene rings is 1. The predicted molar refractivity (Wildman–Crippen MR) is 82.3 cm³/mol. The molecule has 21 heavy (non-hydrogen) atoms. The fourth-order valence-electron chi connectivity index (χ4n) is 1.96. The maximum atomic E-state index is 13.4. The van der Waals surface area contributed by atoms with E-state index in [1.807, 2.05) is 11.4 Å². The van der Waals surface area contributed by atoms with E-state index < -0.39 is 11.9 Å². The molecule has 7 heteroatoms. The Morgan fingerprint density at radius 1 is 1.33 bits per heavy atom. The molecule has 0 aliphatic rings. The zero-order valence-electron chi connectivity index (χ0n) is 10.8. The van der Waals surface area contributed by atoms with Crippen LogP contribution in [0.25, 0.3) is 10.2 Å². The van der Waals surface area contributed by atoms with Crippen molar-refractivity contribution >= 4 is 39.0 Å². The van der Waals surface area contributed by atoms with Crippen LogP contribution in [0.1, 0.15) is 11.7 Å². The molecule has 0 amide bonds. The summed E-state index contributed by atoms with van der Waals surface area (Å²) in [6, 6.07) is 6.17. The third kappa shape index (κ3) is 2.97. The van der Waals surface area contributed by atoms with Crippen molar-refractivity contribution in [2.45, 2.75) is 6.10 Å². The smallest absolute Gasteiger partial charge is 0.142 e. The molecule has 1 aromatic carbocycles. The summed E-state index contributed by atoms with van der Waals surface area (Å²) < 4.78 is 13.4. The van der Waals surface area contributed by atoms with Gasteiger partial charge in [0.1, 0.15) is 22.8 Å². The molecule has 1 unspecified atom stereocenters. The minimum atomic E-state index is -0.861. The highest BCUT2D eigenvalue weighted by molar-refractivity contribution is 7.16. The monoisotopic (exact) mass is 323 g/mol. The van der Waals surface area contributed by atoms with Gasteiger partial charge in [0.05, 0.1) is 16.5 Å². The van der Waals surface area contributed by atoms with Gasteiger partial charge in [0.2, 0.25) is 0 Å². The van der Waals surface area contributed by atoms with Gasteiger partial charge in [-0.05, 0) is 29.1 Å². The van der Waals surface area contributed by atoms with Gasteiger partial charge >= 0.3 is 0 Å². The molecule has 4 nitrogen and oxygen atoms in total. The number of aromatic nitrogens is 2. The van der Waals surface area contributed by atoms with Gasteiger partial charge in [-0.15, -0.1) is 11.3 Å². The summed E-state index contributed by atoms with van der Waals surface area (Å²) in [7, 11) is 0. The van der Waals surface area contributed by atoms with Gasteiger partial charge in [-0.25, -0.2) is 14.4 Å². The van der Waals surface area contributed by atoms with Gasteiger partial charge in [0.25, 0.3) is 0 Å². The number of hydrogen-bond acceptors (Lipinski definition) is 5. The summed E-state index contributed by atoms with van der Waals surface area (Å²) in [5.41, 5.74) is 0.458. The van der Waals surface area contributed by atoms with E-state index >= 15 is 0 Å². The van der Waals surface area contributed by atoms with Gasteiger partial charge in [-0.2, -0.15) is 0 Å². The van der Waals surface area contributed by atoms with E-state index in [0.717, 1.165) is 10.2 Å². The van der Waals surface area contributed by atoms with Crippen molar-refractivity contribution in [2.75, 3.05) is 11.9 Å². The van der Waals surface area contributed by atoms with Crippen LogP contribution in [-0.2, 0) is 0 Å². The number of nitrogens with one attached hydrogen (secondary N) is 1. The number of hydrogen-bond donors (Lipinski definition) is 2. The van der Waals surface area contributed by atoms with E-state index in [9.17, 15) is 9.50 Å². The molecular weight excluding hydrogens is 313 g/mol. The Balaban J connectivity index is 1.75. The molecule has 0 saturated carbocycles. The first-order valence-electron chi connectivity index (χ1n) is 6.20. The Morgan fingerprint density at radius 3 is 3.00 bits per heavy atom. The molecule has 0 saturated heterocycles. The van der Waals surface area contributed by atoms with E-state index in [-0.39, 0.29) is 11.6 Å². The second kappa shape index (κ2) is 5.93. The van der Waals surface area contributed by atoms with Gasteiger partial charge in [-0.3, -0.25) is 0 Å². The van der Waals surface area contributed by atoms with E-state index in [0.29, 0.717) is 11.4 Å². The van der Waals surface area contributed by atoms with Crippen LogP contribution in [0.4, 0.5) is 10.2 Å². The SMILES string of the molecule is OC(CNc1ncnc2sccc12)c1ccc(Cl)c(F)c1. The van der Waals surface area contributed by atoms with Crippen LogP contribution in [-0.4, -0.2) is 21.6 Å². The second-order valence-corrected chi connectivity index (χ2v) is 5.73. The molecule has 0 radical (unpaired) electrons. The first-order chi connectivity index (χ1) is 10.1. The van der Waals surface area contributed by atoms with Gasteiger partial charge in [0, 0.05) is 6.54 Å². The van der Waals surface area contributed by atoms with Crippen LogP contribution in [0.5, 0.6) is 0 Å². The molecule has 0 bridgehead atoms. The highest BCUT2D eigenvalue weighted by Gasteiger charge is 2.11. The highest BCUT2D eigenvalue weighted by atomic mass is 35.5. The summed E-state index contributed by atoms with van der Waals surface area (Å²) in [5, 5.41) is 16.0. The van der Waals surface area contributed by atoms with Gasteiger partial charge in [0.15, 0.2) is 0 Å². The largest absolute Gasteiger partial charge is 0.387 e. The fraction of sp³-hybridized carbons (Fsp3) is 0.143. The highest BCUT2D eigenvalue weighted by Crippen LogP contribution is 2.25. The lowest BCUT2D eigenvalue weighted by molar-refractivity contribution is 0.191. The van der Waals surface area contributed by atoms with E-state index in [1.54, 1.807) is 6.07 Å². The summed E-state index contributed by atoms with van der Waals surface area (Å²) in [4.78, 5) is 9.18. The number of nitrogens with zero attached hydrogens (tertiary/aromatic N) is 2. The van der Waals surface area contributed by atoms with Gasteiger partial charge < -0.3 is 10.4 Å². The lowest BCUT2D eigenvalue weighted by Gasteiger charge is -2.13. The summed E-state index contributed by atoms with van der Waals surface area (Å²) in [5.74, 6) is 0.102. The second-order valence-electron chi connectivity index (χ2n) is 4.43. The maximum absolute atomic E-state index is 13.4. The Kier molecular flexibility index (Phi) is 4.01. The molecule has 2 aromatic heterocycles. The number of fused-ring (bicyclic) bond motifs is 1. The quantitative estimate of drug-likeness (QED) is 0.769. The minimum Gasteiger partial charge on any atom is -0.387 e. The Bertz CT molecular complexity index is 780. The Hall–Kier alpha value is -1.76. The first-order valence-corrected chi connectivity index (χ1v) is 7.46. The van der Waals surface area contributed by atoms with Crippen LogP contribution in [0.2, 0.25) is 5.02 Å². The normalized spacial score (nSPS) is 12.5. The fourth-order valence-corrected chi connectivity index (χ4v) is 2.81. The van der Waals surface area contributed by atoms with Crippen molar-refractivity contribution in [1.82, 2.24) is 9.97 Å². The molecule has 3 aromatic rings. The van der Waals surface area contributed by atoms with E-state index in [1.165, 1.54) is 29.8 Å². The van der Waals surface area contributed by atoms with Crippen molar-refractivity contribution in [3.8, 4) is 0 Å². The minimum absolute atomic E-state index is 0.0368. The standard InChI is InChI=1S/C14H11ClFN3OS/c15-10-2-1-8(5-11(10)16)12(20)6-17-13-9-3-4-21-14(9)19-7-18-13/h1-5,7,12,20H,6H2,(H,17,18,19). The van der Waals surface area contributed by atoms with Crippen molar-refractivity contribution in [3.63, 3.8) is 0 Å². The van der Waals surface area contributed by atoms with Gasteiger partial charge in [-0.1, -0.05) is 17.7 Å². The number of halogens is 2. The topological polar surface area (TPSA) is 58.0 Å². The third-order valence-corrected chi connectivity index (χ3v) is 4.18. The summed E-state index contributed by atoms with van der Waals surface area (Å²) >= 11 is 7.14. The molecule has 3 rings (SSSR count). The molecule has 1 atom stereocenters. The van der Waals surface area contributed by atoms with Crippen LogP contribution in [0.15, 0.2) is 36.0 Å². The van der Waals surface area contributed by atoms with Crippen molar-refractivity contribution in [3.05, 3.63) is 52.4 Å². The maximum Gasteiger partial charge on any atom is 0.142 e. The Labute approximate surface area is 129 Å². The average Bonchev–Trinajstić information content (AvgIpc) is 2.96. The molecule has 0 aliphatic heterocycles. The van der Waals surface area contributed by atoms with E-state index in [4.69, 9.17) is 11.6 Å². The summed E-state index contributed by atoms with van der Waals surface area (Å²) in [6.45, 7) is 0.211. The van der Waals surface area contributed by atoms with Crippen LogP contribution in [0.3, 0.4) is 0 Å². The van der Waals surface area contributed by atoms with Crippen molar-refractivity contribution < 1.29 is 9.50 Å². The zero-order chi connectivity index (χ0) is 14.8. The van der Waals surface area contributed by atoms with Crippen molar-refractivity contribution in [2.24, 2.45) is 0 Å². The third-order valence-electron chi connectivity index (χ3n) is 3.05. The number of aliphatic hydroxyl groups excluding tert-OH is 1. The predicted octanol–water partition coefficient (Wildman–Crippen LogP) is 3.63. The number of rotatable bonds is 4.